The predicted octanol–water partition coefficient (Wildman–Crippen LogP) is 3.92. The molecule has 0 atom stereocenters. The standard InChI is InChI=1S/C19H16N4OS/c1-13-5-4-7-15(11-13)20-18(24)12-25-19-22-21-17-10-9-14-6-2-3-8-16(14)23(17)19/h2-11H,12H2,1H3,(H,20,24). The first-order valence-electron chi connectivity index (χ1n) is 7.93. The average Bonchev–Trinajstić information content (AvgIpc) is 3.04. The minimum absolute atomic E-state index is 0.0624. The number of hydrogen-bond acceptors (Lipinski definition) is 4. The number of hydrogen-bond donors (Lipinski definition) is 1. The van der Waals surface area contributed by atoms with Crippen molar-refractivity contribution in [1.29, 1.82) is 0 Å². The van der Waals surface area contributed by atoms with E-state index >= 15 is 0 Å². The maximum Gasteiger partial charge on any atom is 0.234 e. The van der Waals surface area contributed by atoms with Gasteiger partial charge in [-0.3, -0.25) is 9.20 Å². The van der Waals surface area contributed by atoms with Gasteiger partial charge in [-0.1, -0.05) is 42.1 Å². The highest BCUT2D eigenvalue weighted by Gasteiger charge is 2.11. The Morgan fingerprint density at radius 1 is 1.08 bits per heavy atom. The third-order valence-electron chi connectivity index (χ3n) is 3.88. The van der Waals surface area contributed by atoms with Gasteiger partial charge in [0, 0.05) is 5.69 Å². The molecule has 0 radical (unpaired) electrons. The molecular weight excluding hydrogens is 332 g/mol. The van der Waals surface area contributed by atoms with Gasteiger partial charge in [0.2, 0.25) is 5.91 Å². The lowest BCUT2D eigenvalue weighted by molar-refractivity contribution is -0.113. The molecule has 0 aliphatic heterocycles. The van der Waals surface area contributed by atoms with E-state index in [1.807, 2.05) is 72.0 Å². The van der Waals surface area contributed by atoms with Crippen LogP contribution in [-0.4, -0.2) is 26.3 Å². The van der Waals surface area contributed by atoms with Crippen molar-refractivity contribution in [3.63, 3.8) is 0 Å². The van der Waals surface area contributed by atoms with Crippen LogP contribution >= 0.6 is 11.8 Å². The third kappa shape index (κ3) is 3.21. The zero-order valence-electron chi connectivity index (χ0n) is 13.6. The molecule has 6 heteroatoms. The van der Waals surface area contributed by atoms with Crippen LogP contribution in [0.3, 0.4) is 0 Å². The Bertz CT molecular complexity index is 1070. The first-order valence-corrected chi connectivity index (χ1v) is 8.91. The van der Waals surface area contributed by atoms with Gasteiger partial charge in [0.05, 0.1) is 11.3 Å². The lowest BCUT2D eigenvalue weighted by Gasteiger charge is -2.06. The fourth-order valence-corrected chi connectivity index (χ4v) is 3.51. The number of aromatic nitrogens is 3. The number of aryl methyl sites for hydroxylation is 1. The molecule has 0 aliphatic carbocycles. The van der Waals surface area contributed by atoms with Gasteiger partial charge in [0.25, 0.3) is 0 Å². The SMILES string of the molecule is Cc1cccc(NC(=O)CSc2nnc3ccc4ccccc4n23)c1. The summed E-state index contributed by atoms with van der Waals surface area (Å²) < 4.78 is 1.99. The maximum atomic E-state index is 12.2. The topological polar surface area (TPSA) is 59.3 Å². The first-order chi connectivity index (χ1) is 12.2. The summed E-state index contributed by atoms with van der Waals surface area (Å²) in [5.41, 5.74) is 3.73. The van der Waals surface area contributed by atoms with E-state index < -0.39 is 0 Å². The van der Waals surface area contributed by atoms with E-state index in [0.29, 0.717) is 5.16 Å². The Morgan fingerprint density at radius 3 is 2.84 bits per heavy atom. The van der Waals surface area contributed by atoms with Crippen LogP contribution in [0.25, 0.3) is 16.6 Å². The molecule has 25 heavy (non-hydrogen) atoms. The number of rotatable bonds is 4. The highest BCUT2D eigenvalue weighted by molar-refractivity contribution is 7.99. The average molecular weight is 348 g/mol. The van der Waals surface area contributed by atoms with Gasteiger partial charge < -0.3 is 5.32 Å². The summed E-state index contributed by atoms with van der Waals surface area (Å²) in [5, 5.41) is 13.2. The maximum absolute atomic E-state index is 12.2. The molecule has 0 saturated carbocycles. The van der Waals surface area contributed by atoms with Gasteiger partial charge in [-0.05, 0) is 48.2 Å². The van der Waals surface area contributed by atoms with Crippen molar-refractivity contribution in [2.75, 3.05) is 11.1 Å². The summed E-state index contributed by atoms with van der Waals surface area (Å²) in [6.07, 6.45) is 0. The van der Waals surface area contributed by atoms with E-state index in [2.05, 4.69) is 15.5 Å². The van der Waals surface area contributed by atoms with Crippen LogP contribution in [0, 0.1) is 6.92 Å². The van der Waals surface area contributed by atoms with Gasteiger partial charge in [0.15, 0.2) is 10.8 Å². The summed E-state index contributed by atoms with van der Waals surface area (Å²) in [4.78, 5) is 12.2. The molecule has 2 aromatic heterocycles. The molecular formula is C19H16N4OS. The number of thioether (sulfide) groups is 1. The number of para-hydroxylation sites is 1. The Hall–Kier alpha value is -2.86. The van der Waals surface area contributed by atoms with Crippen LogP contribution in [0.4, 0.5) is 5.69 Å². The quantitative estimate of drug-likeness (QED) is 0.568. The normalized spacial score (nSPS) is 11.1. The number of carbonyl (C=O) groups excluding carboxylic acids is 1. The summed E-state index contributed by atoms with van der Waals surface area (Å²) in [6, 6.07) is 19.8. The molecule has 2 aromatic carbocycles. The van der Waals surface area contributed by atoms with E-state index in [-0.39, 0.29) is 11.7 Å². The van der Waals surface area contributed by atoms with Crippen molar-refractivity contribution in [3.8, 4) is 0 Å². The van der Waals surface area contributed by atoms with Crippen LogP contribution in [-0.2, 0) is 4.79 Å². The first kappa shape index (κ1) is 15.7. The molecule has 5 nitrogen and oxygen atoms in total. The number of nitrogens with one attached hydrogen (secondary N) is 1. The monoisotopic (exact) mass is 348 g/mol. The van der Waals surface area contributed by atoms with E-state index in [1.54, 1.807) is 0 Å². The fraction of sp³-hybridized carbons (Fsp3) is 0.105. The largest absolute Gasteiger partial charge is 0.325 e. The minimum Gasteiger partial charge on any atom is -0.325 e. The number of carbonyl (C=O) groups is 1. The summed E-state index contributed by atoms with van der Waals surface area (Å²) >= 11 is 1.38. The van der Waals surface area contributed by atoms with Gasteiger partial charge >= 0.3 is 0 Å². The number of amides is 1. The van der Waals surface area contributed by atoms with Crippen molar-refractivity contribution in [1.82, 2.24) is 14.6 Å². The van der Waals surface area contributed by atoms with E-state index in [0.717, 1.165) is 27.8 Å². The Kier molecular flexibility index (Phi) is 4.11. The van der Waals surface area contributed by atoms with E-state index in [4.69, 9.17) is 0 Å². The zero-order valence-corrected chi connectivity index (χ0v) is 14.5. The van der Waals surface area contributed by atoms with Gasteiger partial charge in [-0.25, -0.2) is 0 Å². The zero-order chi connectivity index (χ0) is 17.2. The highest BCUT2D eigenvalue weighted by atomic mass is 32.2. The molecule has 1 N–H and O–H groups in total. The molecule has 0 spiro atoms. The smallest absolute Gasteiger partial charge is 0.234 e. The Morgan fingerprint density at radius 2 is 1.96 bits per heavy atom. The van der Waals surface area contributed by atoms with Crippen LogP contribution in [0.5, 0.6) is 0 Å². The minimum atomic E-state index is -0.0624. The summed E-state index contributed by atoms with van der Waals surface area (Å²) in [6.45, 7) is 2.00. The second-order valence-electron chi connectivity index (χ2n) is 5.77. The molecule has 4 rings (SSSR count). The highest BCUT2D eigenvalue weighted by Crippen LogP contribution is 2.23. The van der Waals surface area contributed by atoms with Gasteiger partial charge in [0.1, 0.15) is 0 Å². The number of fused-ring (bicyclic) bond motifs is 3. The lowest BCUT2D eigenvalue weighted by atomic mass is 10.2. The second kappa shape index (κ2) is 6.57. The molecule has 0 aliphatic rings. The summed E-state index contributed by atoms with van der Waals surface area (Å²) in [7, 11) is 0. The molecule has 1 amide bonds. The van der Waals surface area contributed by atoms with Crippen molar-refractivity contribution in [2.24, 2.45) is 0 Å². The second-order valence-corrected chi connectivity index (χ2v) is 6.72. The number of pyridine rings is 1. The molecule has 2 heterocycles. The van der Waals surface area contributed by atoms with Crippen molar-refractivity contribution >= 4 is 39.9 Å². The molecule has 124 valence electrons. The third-order valence-corrected chi connectivity index (χ3v) is 4.81. The van der Waals surface area contributed by atoms with Crippen molar-refractivity contribution < 1.29 is 4.79 Å². The Labute approximate surface area is 149 Å². The molecule has 4 aromatic rings. The Balaban J connectivity index is 1.55. The van der Waals surface area contributed by atoms with Crippen molar-refractivity contribution in [3.05, 3.63) is 66.2 Å². The number of nitrogens with zero attached hydrogens (tertiary/aromatic N) is 3. The van der Waals surface area contributed by atoms with Crippen LogP contribution in [0.15, 0.2) is 65.8 Å². The van der Waals surface area contributed by atoms with Crippen molar-refractivity contribution in [2.45, 2.75) is 12.1 Å². The van der Waals surface area contributed by atoms with E-state index in [1.165, 1.54) is 11.8 Å². The molecule has 0 unspecified atom stereocenters. The number of anilines is 1. The van der Waals surface area contributed by atoms with E-state index in [9.17, 15) is 4.79 Å². The lowest BCUT2D eigenvalue weighted by Crippen LogP contribution is -2.14. The molecule has 0 bridgehead atoms. The van der Waals surface area contributed by atoms with Crippen LogP contribution in [0.1, 0.15) is 5.56 Å². The summed E-state index contributed by atoms with van der Waals surface area (Å²) in [5.74, 6) is 0.213. The van der Waals surface area contributed by atoms with Gasteiger partial charge in [-0.2, -0.15) is 0 Å². The van der Waals surface area contributed by atoms with Crippen LogP contribution < -0.4 is 5.32 Å². The number of benzene rings is 2. The fourth-order valence-electron chi connectivity index (χ4n) is 2.76. The molecule has 0 fully saturated rings. The van der Waals surface area contributed by atoms with Gasteiger partial charge in [-0.15, -0.1) is 10.2 Å². The van der Waals surface area contributed by atoms with Crippen LogP contribution in [0.2, 0.25) is 0 Å². The molecule has 0 saturated heterocycles. The predicted molar refractivity (Wildman–Crippen MR) is 101 cm³/mol.